The molecule has 2 aromatic rings. The molecule has 0 fully saturated rings. The zero-order valence-electron chi connectivity index (χ0n) is 13.0. The van der Waals surface area contributed by atoms with Gasteiger partial charge in [-0.15, -0.1) is 0 Å². The van der Waals surface area contributed by atoms with Crippen molar-refractivity contribution in [1.29, 1.82) is 0 Å². The Morgan fingerprint density at radius 2 is 1.81 bits per heavy atom. The van der Waals surface area contributed by atoms with E-state index in [0.29, 0.717) is 4.31 Å². The molecule has 1 heterocycles. The Kier molecular flexibility index (Phi) is 4.12. The number of aromatic carboxylic acids is 1. The lowest BCUT2D eigenvalue weighted by Crippen LogP contribution is -2.37. The summed E-state index contributed by atoms with van der Waals surface area (Å²) >= 11 is 0. The number of carbonyl (C=O) groups is 3. The van der Waals surface area contributed by atoms with Crippen molar-refractivity contribution in [2.45, 2.75) is 4.90 Å². The fraction of sp³-hybridized carbons (Fsp3) is 0.0625. The second-order valence-corrected chi connectivity index (χ2v) is 7.23. The van der Waals surface area contributed by atoms with E-state index < -0.39 is 45.7 Å². The maximum absolute atomic E-state index is 12.4. The first kappa shape index (κ1) is 17.4. The minimum Gasteiger partial charge on any atom is -0.507 e. The number of amides is 2. The average Bonchev–Trinajstić information content (AvgIpc) is 2.78. The number of phenols is 1. The van der Waals surface area contributed by atoms with Crippen molar-refractivity contribution in [1.82, 2.24) is 4.31 Å². The molecule has 0 saturated carbocycles. The second kappa shape index (κ2) is 6.15. The molecule has 0 spiro atoms. The summed E-state index contributed by atoms with van der Waals surface area (Å²) in [5.74, 6) is -3.53. The number of fused-ring (bicyclic) bond motifs is 1. The van der Waals surface area contributed by atoms with E-state index in [1.165, 1.54) is 30.3 Å². The van der Waals surface area contributed by atoms with Gasteiger partial charge in [0.2, 0.25) is 5.91 Å². The molecule has 2 amide bonds. The molecule has 2 aromatic carbocycles. The van der Waals surface area contributed by atoms with Gasteiger partial charge in [-0.05, 0) is 30.3 Å². The molecule has 3 N–H and O–H groups in total. The fourth-order valence-corrected chi connectivity index (χ4v) is 4.03. The number of carboxylic acids is 1. The van der Waals surface area contributed by atoms with Crippen LogP contribution in [0.15, 0.2) is 47.4 Å². The van der Waals surface area contributed by atoms with Gasteiger partial charge in [-0.2, -0.15) is 0 Å². The van der Waals surface area contributed by atoms with Crippen molar-refractivity contribution in [3.05, 3.63) is 53.6 Å². The van der Waals surface area contributed by atoms with Crippen LogP contribution in [0.5, 0.6) is 5.75 Å². The van der Waals surface area contributed by atoms with E-state index >= 15 is 0 Å². The largest absolute Gasteiger partial charge is 0.507 e. The molecule has 0 aromatic heterocycles. The molecule has 1 aliphatic rings. The highest BCUT2D eigenvalue weighted by molar-refractivity contribution is 7.90. The van der Waals surface area contributed by atoms with Gasteiger partial charge >= 0.3 is 5.97 Å². The van der Waals surface area contributed by atoms with Crippen LogP contribution in [0.2, 0.25) is 0 Å². The number of sulfonamides is 1. The fourth-order valence-electron chi connectivity index (χ4n) is 2.50. The van der Waals surface area contributed by atoms with Crippen LogP contribution in [0.3, 0.4) is 0 Å². The predicted octanol–water partition coefficient (Wildman–Crippen LogP) is 0.874. The van der Waals surface area contributed by atoms with E-state index in [4.69, 9.17) is 5.11 Å². The summed E-state index contributed by atoms with van der Waals surface area (Å²) in [5.41, 5.74) is -0.412. The van der Waals surface area contributed by atoms with Crippen LogP contribution < -0.4 is 5.32 Å². The summed E-state index contributed by atoms with van der Waals surface area (Å²) in [7, 11) is -4.12. The van der Waals surface area contributed by atoms with Crippen molar-refractivity contribution in [3.8, 4) is 5.75 Å². The lowest BCUT2D eigenvalue weighted by atomic mass is 10.2. The molecule has 0 saturated heterocycles. The van der Waals surface area contributed by atoms with Gasteiger partial charge in [0.25, 0.3) is 15.9 Å². The standard InChI is InChI=1S/C16H12N2O7S/c19-12-6-5-9(7-11(12)16(22)23)17-14(20)8-18-15(21)10-3-1-2-4-13(10)26(18,24)25/h1-7,19H,8H2,(H,17,20)(H,22,23). The van der Waals surface area contributed by atoms with Gasteiger partial charge in [0, 0.05) is 5.69 Å². The van der Waals surface area contributed by atoms with Crippen molar-refractivity contribution < 1.29 is 33.0 Å². The summed E-state index contributed by atoms with van der Waals surface area (Å²) in [6, 6.07) is 8.95. The molecule has 26 heavy (non-hydrogen) atoms. The van der Waals surface area contributed by atoms with Crippen LogP contribution in [0, 0.1) is 0 Å². The molecular weight excluding hydrogens is 364 g/mol. The third-order valence-corrected chi connectivity index (χ3v) is 5.50. The van der Waals surface area contributed by atoms with E-state index in [1.807, 2.05) is 0 Å². The average molecular weight is 376 g/mol. The first-order valence-electron chi connectivity index (χ1n) is 7.24. The molecule has 0 bridgehead atoms. The number of hydrogen-bond donors (Lipinski definition) is 3. The molecular formula is C16H12N2O7S. The monoisotopic (exact) mass is 376 g/mol. The minimum absolute atomic E-state index is 0.0157. The summed E-state index contributed by atoms with van der Waals surface area (Å²) in [4.78, 5) is 35.2. The highest BCUT2D eigenvalue weighted by atomic mass is 32.2. The highest BCUT2D eigenvalue weighted by Gasteiger charge is 2.41. The van der Waals surface area contributed by atoms with Gasteiger partial charge in [-0.3, -0.25) is 9.59 Å². The third kappa shape index (κ3) is 2.86. The number of benzene rings is 2. The van der Waals surface area contributed by atoms with Gasteiger partial charge in [0.15, 0.2) is 0 Å². The SMILES string of the molecule is O=C(CN1C(=O)c2ccccc2S1(=O)=O)Nc1ccc(O)c(C(=O)O)c1. The van der Waals surface area contributed by atoms with E-state index in [1.54, 1.807) is 0 Å². The molecule has 0 radical (unpaired) electrons. The summed E-state index contributed by atoms with van der Waals surface area (Å²) < 4.78 is 25.2. The molecule has 0 aliphatic carbocycles. The first-order valence-corrected chi connectivity index (χ1v) is 8.68. The zero-order chi connectivity index (χ0) is 19.1. The van der Waals surface area contributed by atoms with Crippen LogP contribution in [0.25, 0.3) is 0 Å². The van der Waals surface area contributed by atoms with Crippen LogP contribution >= 0.6 is 0 Å². The zero-order valence-corrected chi connectivity index (χ0v) is 13.9. The Bertz CT molecular complexity index is 1050. The molecule has 1 aliphatic heterocycles. The Morgan fingerprint density at radius 3 is 2.46 bits per heavy atom. The Hall–Kier alpha value is -3.40. The van der Waals surface area contributed by atoms with Crippen LogP contribution in [-0.2, 0) is 14.8 Å². The lowest BCUT2D eigenvalue weighted by Gasteiger charge is -2.15. The Morgan fingerprint density at radius 1 is 1.12 bits per heavy atom. The predicted molar refractivity (Wildman–Crippen MR) is 88.4 cm³/mol. The molecule has 134 valence electrons. The number of rotatable bonds is 4. The van der Waals surface area contributed by atoms with E-state index in [9.17, 15) is 27.9 Å². The van der Waals surface area contributed by atoms with Crippen molar-refractivity contribution in [3.63, 3.8) is 0 Å². The normalized spacial score (nSPS) is 14.8. The van der Waals surface area contributed by atoms with Crippen molar-refractivity contribution in [2.24, 2.45) is 0 Å². The van der Waals surface area contributed by atoms with Gasteiger partial charge in [0.05, 0.1) is 5.56 Å². The maximum Gasteiger partial charge on any atom is 0.339 e. The quantitative estimate of drug-likeness (QED) is 0.672. The first-order chi connectivity index (χ1) is 12.2. The van der Waals surface area contributed by atoms with Crippen molar-refractivity contribution in [2.75, 3.05) is 11.9 Å². The number of nitrogens with one attached hydrogen (secondary N) is 1. The topological polar surface area (TPSA) is 141 Å². The molecule has 9 nitrogen and oxygen atoms in total. The molecule has 0 unspecified atom stereocenters. The lowest BCUT2D eigenvalue weighted by molar-refractivity contribution is -0.116. The summed E-state index contributed by atoms with van der Waals surface area (Å²) in [6.07, 6.45) is 0. The van der Waals surface area contributed by atoms with E-state index in [-0.39, 0.29) is 16.1 Å². The highest BCUT2D eigenvalue weighted by Crippen LogP contribution is 2.29. The number of anilines is 1. The Balaban J connectivity index is 1.81. The number of carboxylic acid groups (broad SMARTS) is 1. The molecule has 3 rings (SSSR count). The summed E-state index contributed by atoms with van der Waals surface area (Å²) in [5, 5.41) is 20.7. The number of carbonyl (C=O) groups excluding carboxylic acids is 2. The van der Waals surface area contributed by atoms with Crippen LogP contribution in [-0.4, -0.2) is 47.3 Å². The molecule has 0 atom stereocenters. The second-order valence-electron chi connectivity index (χ2n) is 5.40. The third-order valence-electron chi connectivity index (χ3n) is 3.71. The number of nitrogens with zero attached hydrogens (tertiary/aromatic N) is 1. The smallest absolute Gasteiger partial charge is 0.339 e. The van der Waals surface area contributed by atoms with Crippen LogP contribution in [0.1, 0.15) is 20.7 Å². The number of hydrogen-bond acceptors (Lipinski definition) is 6. The van der Waals surface area contributed by atoms with E-state index in [2.05, 4.69) is 5.32 Å². The number of aromatic hydroxyl groups is 1. The molecule has 10 heteroatoms. The summed E-state index contributed by atoms with van der Waals surface area (Å²) in [6.45, 7) is -0.765. The van der Waals surface area contributed by atoms with Gasteiger partial charge in [0.1, 0.15) is 22.8 Å². The van der Waals surface area contributed by atoms with E-state index in [0.717, 1.165) is 12.1 Å². The van der Waals surface area contributed by atoms with Gasteiger partial charge in [-0.1, -0.05) is 12.1 Å². The van der Waals surface area contributed by atoms with Crippen molar-refractivity contribution >= 4 is 33.5 Å². The van der Waals surface area contributed by atoms with Gasteiger partial charge < -0.3 is 15.5 Å². The minimum atomic E-state index is -4.12. The van der Waals surface area contributed by atoms with Crippen LogP contribution in [0.4, 0.5) is 5.69 Å². The maximum atomic E-state index is 12.4. The van der Waals surface area contributed by atoms with Gasteiger partial charge in [-0.25, -0.2) is 17.5 Å². The Labute approximate surface area is 147 Å².